The molecule has 1 aliphatic heterocycles. The third-order valence-corrected chi connectivity index (χ3v) is 4.56. The number of rotatable bonds is 2. The van der Waals surface area contributed by atoms with Gasteiger partial charge >= 0.3 is 0 Å². The number of fused-ring (bicyclic) bond motifs is 1. The molecule has 0 saturated heterocycles. The minimum Gasteiger partial charge on any atom is -0.493 e. The van der Waals surface area contributed by atoms with E-state index in [-0.39, 0.29) is 5.78 Å². The highest BCUT2D eigenvalue weighted by atomic mass is 35.5. The second kappa shape index (κ2) is 5.16. The van der Waals surface area contributed by atoms with Crippen molar-refractivity contribution in [3.63, 3.8) is 0 Å². The molecule has 98 valence electrons. The normalized spacial score (nSPS) is 13.8. The maximum absolute atomic E-state index is 12.4. The molecule has 0 fully saturated rings. The van der Waals surface area contributed by atoms with Crippen LogP contribution in [-0.2, 0) is 6.42 Å². The molecule has 0 bridgehead atoms. The molecule has 0 atom stereocenters. The van der Waals surface area contributed by atoms with E-state index in [4.69, 9.17) is 27.9 Å². The summed E-state index contributed by atoms with van der Waals surface area (Å²) in [6, 6.07) is 7.13. The summed E-state index contributed by atoms with van der Waals surface area (Å²) in [5, 5.41) is 0. The van der Waals surface area contributed by atoms with Gasteiger partial charge in [-0.1, -0.05) is 23.2 Å². The summed E-state index contributed by atoms with van der Waals surface area (Å²) >= 11 is 13.1. The minimum absolute atomic E-state index is 0.0958. The molecule has 5 heteroatoms. The Morgan fingerprint density at radius 1 is 1.26 bits per heavy atom. The smallest absolute Gasteiger partial charge is 0.195 e. The highest BCUT2D eigenvalue weighted by Gasteiger charge is 2.18. The SMILES string of the molecule is O=C(c1ccc2c(c1)CCCO2)c1cc(Cl)sc1Cl. The average Bonchev–Trinajstić information content (AvgIpc) is 2.76. The number of hydrogen-bond donors (Lipinski definition) is 0. The fraction of sp³-hybridized carbons (Fsp3) is 0.214. The Morgan fingerprint density at radius 2 is 2.11 bits per heavy atom. The van der Waals surface area contributed by atoms with Crippen molar-refractivity contribution < 1.29 is 9.53 Å². The lowest BCUT2D eigenvalue weighted by Gasteiger charge is -2.17. The molecule has 0 radical (unpaired) electrons. The van der Waals surface area contributed by atoms with Gasteiger partial charge in [0.25, 0.3) is 0 Å². The van der Waals surface area contributed by atoms with Gasteiger partial charge in [-0.25, -0.2) is 0 Å². The molecule has 0 saturated carbocycles. The van der Waals surface area contributed by atoms with Crippen LogP contribution in [0.2, 0.25) is 8.67 Å². The molecule has 2 aromatic rings. The van der Waals surface area contributed by atoms with Crippen LogP contribution in [0.4, 0.5) is 0 Å². The van der Waals surface area contributed by atoms with Crippen LogP contribution in [0.5, 0.6) is 5.75 Å². The van der Waals surface area contributed by atoms with Gasteiger partial charge in [0.1, 0.15) is 10.1 Å². The van der Waals surface area contributed by atoms with Crippen LogP contribution >= 0.6 is 34.5 Å². The first kappa shape index (κ1) is 13.0. The van der Waals surface area contributed by atoms with Gasteiger partial charge in [0.05, 0.1) is 16.5 Å². The van der Waals surface area contributed by atoms with Crippen molar-refractivity contribution >= 4 is 40.3 Å². The molecule has 1 aromatic heterocycles. The lowest BCUT2D eigenvalue weighted by Crippen LogP contribution is -2.10. The average molecular weight is 313 g/mol. The Balaban J connectivity index is 1.98. The summed E-state index contributed by atoms with van der Waals surface area (Å²) in [6.45, 7) is 0.742. The molecule has 19 heavy (non-hydrogen) atoms. The van der Waals surface area contributed by atoms with Gasteiger partial charge in [-0.3, -0.25) is 4.79 Å². The highest BCUT2D eigenvalue weighted by molar-refractivity contribution is 7.20. The van der Waals surface area contributed by atoms with E-state index >= 15 is 0 Å². The molecule has 0 amide bonds. The zero-order chi connectivity index (χ0) is 13.4. The van der Waals surface area contributed by atoms with E-state index in [0.29, 0.717) is 19.8 Å². The maximum Gasteiger partial charge on any atom is 0.195 e. The number of benzene rings is 1. The van der Waals surface area contributed by atoms with Crippen LogP contribution in [0.25, 0.3) is 0 Å². The van der Waals surface area contributed by atoms with Gasteiger partial charge in [0.2, 0.25) is 0 Å². The van der Waals surface area contributed by atoms with E-state index in [1.165, 1.54) is 11.3 Å². The topological polar surface area (TPSA) is 26.3 Å². The molecule has 0 N–H and O–H groups in total. The van der Waals surface area contributed by atoms with Gasteiger partial charge in [-0.05, 0) is 42.7 Å². The van der Waals surface area contributed by atoms with Gasteiger partial charge in [0.15, 0.2) is 5.78 Å². The lowest BCUT2D eigenvalue weighted by molar-refractivity contribution is 0.103. The van der Waals surface area contributed by atoms with E-state index in [1.54, 1.807) is 12.1 Å². The molecule has 2 heterocycles. The first-order chi connectivity index (χ1) is 9.15. The van der Waals surface area contributed by atoms with Gasteiger partial charge in [-0.15, -0.1) is 11.3 Å². The standard InChI is InChI=1S/C14H10Cl2O2S/c15-12-7-10(14(16)19-12)13(17)9-3-4-11-8(6-9)2-1-5-18-11/h3-4,6-7H,1-2,5H2. The van der Waals surface area contributed by atoms with E-state index in [9.17, 15) is 4.79 Å². The van der Waals surface area contributed by atoms with Crippen molar-refractivity contribution in [1.29, 1.82) is 0 Å². The number of thiophene rings is 1. The van der Waals surface area contributed by atoms with Gasteiger partial charge in [0, 0.05) is 5.56 Å². The second-order valence-corrected chi connectivity index (χ2v) is 6.63. The molecular formula is C14H10Cl2O2S. The zero-order valence-corrected chi connectivity index (χ0v) is 12.2. The van der Waals surface area contributed by atoms with Crippen LogP contribution in [0.3, 0.4) is 0 Å². The van der Waals surface area contributed by atoms with Crippen LogP contribution in [0, 0.1) is 0 Å². The summed E-state index contributed by atoms with van der Waals surface area (Å²) < 4.78 is 6.49. The molecule has 1 aliphatic rings. The number of carbonyl (C=O) groups is 1. The number of aryl methyl sites for hydroxylation is 1. The Kier molecular flexibility index (Phi) is 3.52. The van der Waals surface area contributed by atoms with E-state index in [0.717, 1.165) is 30.8 Å². The summed E-state index contributed by atoms with van der Waals surface area (Å²) in [7, 11) is 0. The first-order valence-corrected chi connectivity index (χ1v) is 7.47. The summed E-state index contributed by atoms with van der Waals surface area (Å²) in [5.41, 5.74) is 2.17. The van der Waals surface area contributed by atoms with Crippen molar-refractivity contribution in [2.45, 2.75) is 12.8 Å². The third-order valence-electron chi connectivity index (χ3n) is 3.07. The van der Waals surface area contributed by atoms with E-state index < -0.39 is 0 Å². The quantitative estimate of drug-likeness (QED) is 0.757. The van der Waals surface area contributed by atoms with Crippen molar-refractivity contribution in [3.8, 4) is 5.75 Å². The molecular weight excluding hydrogens is 303 g/mol. The van der Waals surface area contributed by atoms with Crippen molar-refractivity contribution in [2.24, 2.45) is 0 Å². The van der Waals surface area contributed by atoms with Crippen molar-refractivity contribution in [3.05, 3.63) is 49.6 Å². The van der Waals surface area contributed by atoms with E-state index in [2.05, 4.69) is 0 Å². The fourth-order valence-corrected chi connectivity index (χ4v) is 3.61. The summed E-state index contributed by atoms with van der Waals surface area (Å²) in [6.07, 6.45) is 1.92. The molecule has 3 rings (SSSR count). The highest BCUT2D eigenvalue weighted by Crippen LogP contribution is 2.33. The molecule has 0 unspecified atom stereocenters. The van der Waals surface area contributed by atoms with Gasteiger partial charge in [-0.2, -0.15) is 0 Å². The third kappa shape index (κ3) is 2.50. The summed E-state index contributed by atoms with van der Waals surface area (Å²) in [5.74, 6) is 0.777. The lowest BCUT2D eigenvalue weighted by atomic mass is 9.99. The monoisotopic (exact) mass is 312 g/mol. The van der Waals surface area contributed by atoms with Crippen LogP contribution in [-0.4, -0.2) is 12.4 Å². The zero-order valence-electron chi connectivity index (χ0n) is 9.91. The Labute approximate surface area is 124 Å². The number of ether oxygens (including phenoxy) is 1. The molecule has 1 aromatic carbocycles. The van der Waals surface area contributed by atoms with Crippen LogP contribution in [0.1, 0.15) is 27.9 Å². The predicted molar refractivity (Wildman–Crippen MR) is 78.0 cm³/mol. The number of hydrogen-bond acceptors (Lipinski definition) is 3. The largest absolute Gasteiger partial charge is 0.493 e. The Bertz CT molecular complexity index is 649. The minimum atomic E-state index is -0.0958. The van der Waals surface area contributed by atoms with Crippen molar-refractivity contribution in [1.82, 2.24) is 0 Å². The number of halogens is 2. The molecule has 2 nitrogen and oxygen atoms in total. The number of ketones is 1. The number of carbonyl (C=O) groups excluding carboxylic acids is 1. The maximum atomic E-state index is 12.4. The van der Waals surface area contributed by atoms with Crippen LogP contribution < -0.4 is 4.74 Å². The molecule has 0 spiro atoms. The first-order valence-electron chi connectivity index (χ1n) is 5.90. The van der Waals surface area contributed by atoms with E-state index in [1.807, 2.05) is 12.1 Å². The fourth-order valence-electron chi connectivity index (χ4n) is 2.15. The van der Waals surface area contributed by atoms with Crippen LogP contribution in [0.15, 0.2) is 24.3 Å². The Morgan fingerprint density at radius 3 is 2.84 bits per heavy atom. The molecule has 0 aliphatic carbocycles. The Hall–Kier alpha value is -1.03. The van der Waals surface area contributed by atoms with Gasteiger partial charge < -0.3 is 4.74 Å². The predicted octanol–water partition coefficient (Wildman–Crippen LogP) is 4.61. The summed E-state index contributed by atoms with van der Waals surface area (Å²) in [4.78, 5) is 12.4. The van der Waals surface area contributed by atoms with Crippen molar-refractivity contribution in [2.75, 3.05) is 6.61 Å². The second-order valence-electron chi connectivity index (χ2n) is 4.34.